The molecule has 2 aromatic rings. The topological polar surface area (TPSA) is 24.9 Å². The Kier molecular flexibility index (Phi) is 3.18. The molecule has 1 aliphatic rings. The lowest BCUT2D eigenvalue weighted by atomic mass is 10.1. The van der Waals surface area contributed by atoms with Crippen molar-refractivity contribution in [2.24, 2.45) is 5.92 Å². The van der Waals surface area contributed by atoms with Gasteiger partial charge in [-0.1, -0.05) is 31.0 Å². The molecule has 0 bridgehead atoms. The highest BCUT2D eigenvalue weighted by Gasteiger charge is 2.19. The quantitative estimate of drug-likeness (QED) is 0.794. The van der Waals surface area contributed by atoms with Crippen LogP contribution in [0.5, 0.6) is 0 Å². The molecule has 0 unspecified atom stereocenters. The molecule has 18 heavy (non-hydrogen) atoms. The third-order valence-electron chi connectivity index (χ3n) is 3.69. The van der Waals surface area contributed by atoms with E-state index in [1.807, 2.05) is 6.07 Å². The lowest BCUT2D eigenvalue weighted by Crippen LogP contribution is -2.05. The Morgan fingerprint density at radius 1 is 1.28 bits per heavy atom. The van der Waals surface area contributed by atoms with Gasteiger partial charge in [-0.15, -0.1) is 0 Å². The highest BCUT2D eigenvalue weighted by molar-refractivity contribution is 5.81. The average Bonchev–Trinajstić information content (AvgIpc) is 3.19. The van der Waals surface area contributed by atoms with Crippen molar-refractivity contribution in [3.8, 4) is 0 Å². The second-order valence-electron chi connectivity index (χ2n) is 5.36. The number of benzene rings is 1. The van der Waals surface area contributed by atoms with Gasteiger partial charge >= 0.3 is 0 Å². The summed E-state index contributed by atoms with van der Waals surface area (Å²) in [6.45, 7) is 3.17. The van der Waals surface area contributed by atoms with E-state index in [1.54, 1.807) is 0 Å². The first-order valence-corrected chi connectivity index (χ1v) is 6.93. The fourth-order valence-electron chi connectivity index (χ4n) is 2.40. The molecule has 1 saturated carbocycles. The molecule has 1 aliphatic carbocycles. The molecule has 2 heteroatoms. The molecule has 0 aliphatic heterocycles. The third kappa shape index (κ3) is 2.63. The molecular formula is C16H20N2. The largest absolute Gasteiger partial charge is 0.370 e. The Bertz CT molecular complexity index is 544. The number of pyridine rings is 1. The summed E-state index contributed by atoms with van der Waals surface area (Å²) in [6, 6.07) is 10.5. The standard InChI is InChI=1S/C16H20N2/c1-12-11-14-6-2-3-7-15(14)18-16(12)17-10-4-5-13-8-9-13/h2-3,6-7,11,13H,4-5,8-10H2,1H3,(H,17,18). The minimum absolute atomic E-state index is 1.03. The van der Waals surface area contributed by atoms with E-state index >= 15 is 0 Å². The second kappa shape index (κ2) is 4.97. The van der Waals surface area contributed by atoms with Crippen molar-refractivity contribution in [1.82, 2.24) is 4.98 Å². The zero-order chi connectivity index (χ0) is 12.4. The average molecular weight is 240 g/mol. The van der Waals surface area contributed by atoms with Crippen molar-refractivity contribution in [3.63, 3.8) is 0 Å². The number of fused-ring (bicyclic) bond motifs is 1. The van der Waals surface area contributed by atoms with Crippen LogP contribution in [-0.2, 0) is 0 Å². The van der Waals surface area contributed by atoms with Crippen LogP contribution in [0.15, 0.2) is 30.3 Å². The monoisotopic (exact) mass is 240 g/mol. The van der Waals surface area contributed by atoms with Crippen LogP contribution < -0.4 is 5.32 Å². The summed E-state index contributed by atoms with van der Waals surface area (Å²) >= 11 is 0. The van der Waals surface area contributed by atoms with Crippen LogP contribution in [0.25, 0.3) is 10.9 Å². The maximum atomic E-state index is 4.70. The lowest BCUT2D eigenvalue weighted by Gasteiger charge is -2.09. The minimum Gasteiger partial charge on any atom is -0.370 e. The maximum absolute atomic E-state index is 4.70. The number of nitrogens with one attached hydrogen (secondary N) is 1. The number of rotatable bonds is 5. The Morgan fingerprint density at radius 2 is 2.11 bits per heavy atom. The van der Waals surface area contributed by atoms with Crippen LogP contribution in [0.1, 0.15) is 31.2 Å². The van der Waals surface area contributed by atoms with Crippen LogP contribution >= 0.6 is 0 Å². The fraction of sp³-hybridized carbons (Fsp3) is 0.438. The summed E-state index contributed by atoms with van der Waals surface area (Å²) < 4.78 is 0. The van der Waals surface area contributed by atoms with Gasteiger partial charge in [-0.25, -0.2) is 4.98 Å². The van der Waals surface area contributed by atoms with Gasteiger partial charge in [0.25, 0.3) is 0 Å². The Morgan fingerprint density at radius 3 is 2.94 bits per heavy atom. The number of hydrogen-bond acceptors (Lipinski definition) is 2. The first-order valence-electron chi connectivity index (χ1n) is 6.93. The number of hydrogen-bond donors (Lipinski definition) is 1. The van der Waals surface area contributed by atoms with E-state index in [0.29, 0.717) is 0 Å². The number of anilines is 1. The van der Waals surface area contributed by atoms with Gasteiger partial charge in [-0.05, 0) is 43.4 Å². The van der Waals surface area contributed by atoms with Crippen molar-refractivity contribution in [1.29, 1.82) is 0 Å². The van der Waals surface area contributed by atoms with E-state index in [-0.39, 0.29) is 0 Å². The van der Waals surface area contributed by atoms with Crippen molar-refractivity contribution < 1.29 is 0 Å². The van der Waals surface area contributed by atoms with Crippen LogP contribution in [0.3, 0.4) is 0 Å². The number of para-hydroxylation sites is 1. The second-order valence-corrected chi connectivity index (χ2v) is 5.36. The van der Waals surface area contributed by atoms with E-state index in [0.717, 1.165) is 23.8 Å². The Labute approximate surface area is 108 Å². The van der Waals surface area contributed by atoms with Gasteiger partial charge in [-0.2, -0.15) is 0 Å². The minimum atomic E-state index is 1.03. The molecule has 0 radical (unpaired) electrons. The molecule has 3 rings (SSSR count). The molecule has 0 spiro atoms. The normalized spacial score (nSPS) is 14.9. The molecule has 1 aromatic carbocycles. The maximum Gasteiger partial charge on any atom is 0.129 e. The highest BCUT2D eigenvalue weighted by atomic mass is 15.0. The lowest BCUT2D eigenvalue weighted by molar-refractivity contribution is 0.686. The molecule has 0 saturated heterocycles. The van der Waals surface area contributed by atoms with Gasteiger partial charge in [0, 0.05) is 11.9 Å². The van der Waals surface area contributed by atoms with Crippen LogP contribution in [-0.4, -0.2) is 11.5 Å². The summed E-state index contributed by atoms with van der Waals surface area (Å²) in [5.41, 5.74) is 2.31. The van der Waals surface area contributed by atoms with E-state index in [2.05, 4.69) is 36.5 Å². The Balaban J connectivity index is 1.68. The molecule has 1 heterocycles. The molecule has 1 aromatic heterocycles. The SMILES string of the molecule is Cc1cc2ccccc2nc1NCCCC1CC1. The molecule has 94 valence electrons. The van der Waals surface area contributed by atoms with Gasteiger partial charge in [0.2, 0.25) is 0 Å². The van der Waals surface area contributed by atoms with Crippen molar-refractivity contribution >= 4 is 16.7 Å². The summed E-state index contributed by atoms with van der Waals surface area (Å²) in [4.78, 5) is 4.70. The first-order chi connectivity index (χ1) is 8.83. The number of aryl methyl sites for hydroxylation is 1. The van der Waals surface area contributed by atoms with Crippen molar-refractivity contribution in [3.05, 3.63) is 35.9 Å². The van der Waals surface area contributed by atoms with Gasteiger partial charge < -0.3 is 5.32 Å². The summed E-state index contributed by atoms with van der Waals surface area (Å²) in [5, 5.41) is 4.70. The first kappa shape index (κ1) is 11.5. The van der Waals surface area contributed by atoms with Crippen LogP contribution in [0.2, 0.25) is 0 Å². The van der Waals surface area contributed by atoms with E-state index in [9.17, 15) is 0 Å². The molecule has 1 fully saturated rings. The molecule has 0 amide bonds. The zero-order valence-electron chi connectivity index (χ0n) is 10.9. The van der Waals surface area contributed by atoms with Crippen molar-refractivity contribution in [2.45, 2.75) is 32.6 Å². The van der Waals surface area contributed by atoms with Gasteiger partial charge in [-0.3, -0.25) is 0 Å². The highest BCUT2D eigenvalue weighted by Crippen LogP contribution is 2.33. The zero-order valence-corrected chi connectivity index (χ0v) is 10.9. The van der Waals surface area contributed by atoms with E-state index in [4.69, 9.17) is 4.98 Å². The summed E-state index contributed by atoms with van der Waals surface area (Å²) in [5.74, 6) is 2.07. The van der Waals surface area contributed by atoms with Crippen molar-refractivity contribution in [2.75, 3.05) is 11.9 Å². The Hall–Kier alpha value is -1.57. The van der Waals surface area contributed by atoms with Gasteiger partial charge in [0.15, 0.2) is 0 Å². The smallest absolute Gasteiger partial charge is 0.129 e. The molecule has 0 atom stereocenters. The molecule has 2 nitrogen and oxygen atoms in total. The predicted molar refractivity (Wildman–Crippen MR) is 76.9 cm³/mol. The van der Waals surface area contributed by atoms with Crippen LogP contribution in [0, 0.1) is 12.8 Å². The number of aromatic nitrogens is 1. The van der Waals surface area contributed by atoms with E-state index in [1.165, 1.54) is 36.6 Å². The predicted octanol–water partition coefficient (Wildman–Crippen LogP) is 4.15. The van der Waals surface area contributed by atoms with E-state index < -0.39 is 0 Å². The van der Waals surface area contributed by atoms with Gasteiger partial charge in [0.1, 0.15) is 5.82 Å². The molecular weight excluding hydrogens is 220 g/mol. The van der Waals surface area contributed by atoms with Crippen LogP contribution in [0.4, 0.5) is 5.82 Å². The summed E-state index contributed by atoms with van der Waals surface area (Å²) in [7, 11) is 0. The van der Waals surface area contributed by atoms with Gasteiger partial charge in [0.05, 0.1) is 5.52 Å². The third-order valence-corrected chi connectivity index (χ3v) is 3.69. The molecule has 1 N–H and O–H groups in total. The fourth-order valence-corrected chi connectivity index (χ4v) is 2.40. The number of nitrogens with zero attached hydrogens (tertiary/aromatic N) is 1. The summed E-state index contributed by atoms with van der Waals surface area (Å²) in [6.07, 6.45) is 5.54.